The average Bonchev–Trinajstić information content (AvgIpc) is 2.63. The van der Waals surface area contributed by atoms with Crippen LogP contribution in [0, 0.1) is 0 Å². The summed E-state index contributed by atoms with van der Waals surface area (Å²) in [7, 11) is 0. The van der Waals surface area contributed by atoms with Crippen LogP contribution < -0.4 is 5.56 Å². The number of phenols is 1. The zero-order valence-electron chi connectivity index (χ0n) is 8.55. The highest BCUT2D eigenvalue weighted by Gasteiger charge is 2.04. The van der Waals surface area contributed by atoms with Gasteiger partial charge in [-0.3, -0.25) is 4.79 Å². The number of aliphatic hydroxyl groups is 1. The summed E-state index contributed by atoms with van der Waals surface area (Å²) in [6, 6.07) is 6.61. The highest BCUT2D eigenvalue weighted by Crippen LogP contribution is 2.09. The molecule has 0 unspecified atom stereocenters. The number of H-pyrrole nitrogens is 1. The lowest BCUT2D eigenvalue weighted by Gasteiger charge is -2.01. The van der Waals surface area contributed by atoms with Crippen LogP contribution in [-0.2, 0) is 13.2 Å². The van der Waals surface area contributed by atoms with E-state index >= 15 is 0 Å². The number of hydrogen-bond acceptors (Lipinski definition) is 3. The SMILES string of the molecule is O=c1c(CO)c[nH]n1Cc1ccc(O)cc1. The van der Waals surface area contributed by atoms with Gasteiger partial charge >= 0.3 is 0 Å². The molecule has 2 aromatic rings. The van der Waals surface area contributed by atoms with Gasteiger partial charge in [0.2, 0.25) is 0 Å². The lowest BCUT2D eigenvalue weighted by molar-refractivity contribution is 0.280. The number of aromatic amines is 1. The maximum absolute atomic E-state index is 11.6. The fourth-order valence-corrected chi connectivity index (χ4v) is 1.46. The summed E-state index contributed by atoms with van der Waals surface area (Å²) in [5.41, 5.74) is 1.01. The van der Waals surface area contributed by atoms with Crippen molar-refractivity contribution in [1.29, 1.82) is 0 Å². The number of nitrogens with zero attached hydrogens (tertiary/aromatic N) is 1. The lowest BCUT2D eigenvalue weighted by atomic mass is 10.2. The third-order valence-corrected chi connectivity index (χ3v) is 2.36. The second-order valence-corrected chi connectivity index (χ2v) is 3.51. The van der Waals surface area contributed by atoms with E-state index in [0.29, 0.717) is 12.1 Å². The first-order valence-electron chi connectivity index (χ1n) is 4.86. The molecule has 1 aromatic heterocycles. The average molecular weight is 220 g/mol. The number of nitrogens with one attached hydrogen (secondary N) is 1. The lowest BCUT2D eigenvalue weighted by Crippen LogP contribution is -2.19. The van der Waals surface area contributed by atoms with E-state index in [-0.39, 0.29) is 17.9 Å². The van der Waals surface area contributed by atoms with Crippen molar-refractivity contribution >= 4 is 0 Å². The Bertz CT molecular complexity index is 525. The van der Waals surface area contributed by atoms with Crippen molar-refractivity contribution in [3.63, 3.8) is 0 Å². The molecule has 0 saturated heterocycles. The van der Waals surface area contributed by atoms with E-state index in [2.05, 4.69) is 5.10 Å². The smallest absolute Gasteiger partial charge is 0.272 e. The van der Waals surface area contributed by atoms with Gasteiger partial charge in [0.05, 0.1) is 18.7 Å². The number of rotatable bonds is 3. The summed E-state index contributed by atoms with van der Waals surface area (Å²) in [6.45, 7) is 0.122. The van der Waals surface area contributed by atoms with E-state index in [9.17, 15) is 4.79 Å². The van der Waals surface area contributed by atoms with Crippen LogP contribution in [0.1, 0.15) is 11.1 Å². The number of aliphatic hydroxyl groups excluding tert-OH is 1. The Kier molecular flexibility index (Phi) is 2.78. The first kappa shape index (κ1) is 10.5. The van der Waals surface area contributed by atoms with E-state index in [1.807, 2.05) is 0 Å². The van der Waals surface area contributed by atoms with Crippen LogP contribution in [0.4, 0.5) is 0 Å². The fourth-order valence-electron chi connectivity index (χ4n) is 1.46. The minimum absolute atomic E-state index is 0.193. The molecule has 1 aromatic carbocycles. The van der Waals surface area contributed by atoms with Crippen LogP contribution in [0.25, 0.3) is 0 Å². The van der Waals surface area contributed by atoms with Gasteiger partial charge < -0.3 is 15.3 Å². The van der Waals surface area contributed by atoms with E-state index in [1.165, 1.54) is 10.9 Å². The van der Waals surface area contributed by atoms with Gasteiger partial charge in [-0.05, 0) is 17.7 Å². The van der Waals surface area contributed by atoms with Crippen molar-refractivity contribution in [3.8, 4) is 5.75 Å². The highest BCUT2D eigenvalue weighted by atomic mass is 16.3. The summed E-state index contributed by atoms with van der Waals surface area (Å²) in [4.78, 5) is 11.6. The normalized spacial score (nSPS) is 10.6. The Balaban J connectivity index is 2.24. The molecule has 0 aliphatic carbocycles. The topological polar surface area (TPSA) is 78.2 Å². The number of benzene rings is 1. The molecule has 5 heteroatoms. The molecule has 0 aliphatic rings. The second kappa shape index (κ2) is 4.24. The number of aromatic nitrogens is 2. The Morgan fingerprint density at radius 3 is 2.50 bits per heavy atom. The minimum Gasteiger partial charge on any atom is -0.508 e. The molecule has 16 heavy (non-hydrogen) atoms. The van der Waals surface area contributed by atoms with E-state index < -0.39 is 0 Å². The Morgan fingerprint density at radius 2 is 1.94 bits per heavy atom. The molecule has 84 valence electrons. The van der Waals surface area contributed by atoms with Gasteiger partial charge in [0.1, 0.15) is 5.75 Å². The van der Waals surface area contributed by atoms with Gasteiger partial charge in [0.25, 0.3) is 5.56 Å². The highest BCUT2D eigenvalue weighted by molar-refractivity contribution is 5.26. The Morgan fingerprint density at radius 1 is 1.25 bits per heavy atom. The van der Waals surface area contributed by atoms with Crippen LogP contribution in [0.15, 0.2) is 35.3 Å². The summed E-state index contributed by atoms with van der Waals surface area (Å²) < 4.78 is 1.40. The largest absolute Gasteiger partial charge is 0.508 e. The fraction of sp³-hybridized carbons (Fsp3) is 0.182. The predicted molar refractivity (Wildman–Crippen MR) is 58.2 cm³/mol. The molecular weight excluding hydrogens is 208 g/mol. The second-order valence-electron chi connectivity index (χ2n) is 3.51. The minimum atomic E-state index is -0.266. The third-order valence-electron chi connectivity index (χ3n) is 2.36. The first-order chi connectivity index (χ1) is 7.70. The van der Waals surface area contributed by atoms with Crippen LogP contribution in [0.2, 0.25) is 0 Å². The molecule has 0 bridgehead atoms. The summed E-state index contributed by atoms with van der Waals surface area (Å²) in [6.07, 6.45) is 1.49. The summed E-state index contributed by atoms with van der Waals surface area (Å²) in [5, 5.41) is 20.7. The Labute approximate surface area is 91.6 Å². The van der Waals surface area contributed by atoms with Crippen molar-refractivity contribution in [2.75, 3.05) is 0 Å². The molecule has 0 saturated carbocycles. The van der Waals surface area contributed by atoms with Gasteiger partial charge in [-0.25, -0.2) is 4.68 Å². The monoisotopic (exact) mass is 220 g/mol. The van der Waals surface area contributed by atoms with Crippen molar-refractivity contribution in [1.82, 2.24) is 9.78 Å². The molecule has 5 nitrogen and oxygen atoms in total. The third kappa shape index (κ3) is 1.99. The van der Waals surface area contributed by atoms with E-state index in [1.54, 1.807) is 24.3 Å². The maximum atomic E-state index is 11.6. The van der Waals surface area contributed by atoms with E-state index in [0.717, 1.165) is 5.56 Å². The van der Waals surface area contributed by atoms with Gasteiger partial charge in [0, 0.05) is 6.20 Å². The molecule has 0 radical (unpaired) electrons. The molecule has 0 aliphatic heterocycles. The summed E-state index contributed by atoms with van der Waals surface area (Å²) in [5.74, 6) is 0.193. The first-order valence-corrected chi connectivity index (χ1v) is 4.86. The zero-order valence-corrected chi connectivity index (χ0v) is 8.55. The maximum Gasteiger partial charge on any atom is 0.272 e. The Hall–Kier alpha value is -2.01. The molecule has 0 fully saturated rings. The standard InChI is InChI=1S/C11H12N2O3/c14-7-9-5-12-13(11(9)16)6-8-1-3-10(15)4-2-8/h1-5,12,14-15H,6-7H2. The van der Waals surface area contributed by atoms with Crippen LogP contribution in [0.5, 0.6) is 5.75 Å². The molecule has 0 atom stereocenters. The molecular formula is C11H12N2O3. The van der Waals surface area contributed by atoms with Crippen LogP contribution in [-0.4, -0.2) is 20.0 Å². The predicted octanol–water partition coefficient (Wildman–Crippen LogP) is 0.423. The van der Waals surface area contributed by atoms with Gasteiger partial charge in [-0.2, -0.15) is 0 Å². The van der Waals surface area contributed by atoms with Gasteiger partial charge in [-0.15, -0.1) is 0 Å². The molecule has 3 N–H and O–H groups in total. The van der Waals surface area contributed by atoms with Crippen LogP contribution >= 0.6 is 0 Å². The molecule has 0 amide bonds. The number of hydrogen-bond donors (Lipinski definition) is 3. The van der Waals surface area contributed by atoms with Crippen molar-refractivity contribution < 1.29 is 10.2 Å². The number of aromatic hydroxyl groups is 1. The van der Waals surface area contributed by atoms with Crippen LogP contribution in [0.3, 0.4) is 0 Å². The van der Waals surface area contributed by atoms with Gasteiger partial charge in [0.15, 0.2) is 0 Å². The van der Waals surface area contributed by atoms with Crippen molar-refractivity contribution in [3.05, 3.63) is 51.9 Å². The van der Waals surface area contributed by atoms with Crippen molar-refractivity contribution in [2.24, 2.45) is 0 Å². The molecule has 0 spiro atoms. The molecule has 1 heterocycles. The van der Waals surface area contributed by atoms with Gasteiger partial charge in [-0.1, -0.05) is 12.1 Å². The van der Waals surface area contributed by atoms with Crippen molar-refractivity contribution in [2.45, 2.75) is 13.2 Å². The number of phenolic OH excluding ortho intramolecular Hbond substituents is 1. The zero-order chi connectivity index (χ0) is 11.5. The quantitative estimate of drug-likeness (QED) is 0.701. The summed E-state index contributed by atoms with van der Waals surface area (Å²) >= 11 is 0. The van der Waals surface area contributed by atoms with E-state index in [4.69, 9.17) is 10.2 Å². The molecule has 2 rings (SSSR count).